The first-order valence-electron chi connectivity index (χ1n) is 6.74. The highest BCUT2D eigenvalue weighted by atomic mass is 19.1. The maximum absolute atomic E-state index is 14.3. The zero-order valence-electron chi connectivity index (χ0n) is 12.0. The third kappa shape index (κ3) is 2.48. The van der Waals surface area contributed by atoms with Crippen molar-refractivity contribution in [2.75, 3.05) is 27.2 Å². The zero-order valence-corrected chi connectivity index (χ0v) is 12.0. The molecule has 0 radical (unpaired) electrons. The Morgan fingerprint density at radius 3 is 2.58 bits per heavy atom. The van der Waals surface area contributed by atoms with Gasteiger partial charge in [-0.25, -0.2) is 8.78 Å². The molecule has 0 aliphatic carbocycles. The first kappa shape index (κ1) is 14.0. The number of likely N-dealkylation sites (N-methyl/N-ethyl adjacent to an activating group) is 2. The summed E-state index contributed by atoms with van der Waals surface area (Å²) in [5, 5.41) is 0. The summed E-state index contributed by atoms with van der Waals surface area (Å²) in [5.74, 6) is 0.0225. The number of rotatable bonds is 3. The topological polar surface area (TPSA) is 6.25 Å². The summed E-state index contributed by atoms with van der Waals surface area (Å²) >= 11 is 0. The SMILES string of the molecule is CCC(C)c1cc(F)cc(F)c1C1=[N+](C)CCN1C. The van der Waals surface area contributed by atoms with Crippen molar-refractivity contribution >= 4 is 5.84 Å². The maximum atomic E-state index is 14.3. The van der Waals surface area contributed by atoms with Gasteiger partial charge in [0.1, 0.15) is 30.3 Å². The molecule has 1 heterocycles. The second-order valence-electron chi connectivity index (χ2n) is 5.33. The minimum Gasteiger partial charge on any atom is -0.260 e. The van der Waals surface area contributed by atoms with Gasteiger partial charge in [-0.2, -0.15) is 0 Å². The van der Waals surface area contributed by atoms with Gasteiger partial charge in [0.25, 0.3) is 5.84 Å². The van der Waals surface area contributed by atoms with Crippen LogP contribution in [0.5, 0.6) is 0 Å². The van der Waals surface area contributed by atoms with Crippen LogP contribution in [0.4, 0.5) is 8.78 Å². The van der Waals surface area contributed by atoms with Crippen LogP contribution in [0.2, 0.25) is 0 Å². The molecular formula is C15H21F2N2+. The quantitative estimate of drug-likeness (QED) is 0.763. The molecule has 19 heavy (non-hydrogen) atoms. The van der Waals surface area contributed by atoms with Crippen molar-refractivity contribution in [1.29, 1.82) is 0 Å². The molecule has 0 spiro atoms. The molecular weight excluding hydrogens is 246 g/mol. The van der Waals surface area contributed by atoms with Crippen LogP contribution in [0, 0.1) is 11.6 Å². The predicted octanol–water partition coefficient (Wildman–Crippen LogP) is 2.81. The molecule has 0 bridgehead atoms. The van der Waals surface area contributed by atoms with E-state index in [9.17, 15) is 8.78 Å². The third-order valence-corrected chi connectivity index (χ3v) is 3.95. The second kappa shape index (κ2) is 5.27. The Morgan fingerprint density at radius 2 is 2.05 bits per heavy atom. The Hall–Kier alpha value is -1.45. The molecule has 104 valence electrons. The molecule has 2 nitrogen and oxygen atoms in total. The smallest absolute Gasteiger partial charge is 0.260 e. The van der Waals surface area contributed by atoms with Crippen LogP contribution in [0.1, 0.15) is 37.3 Å². The Labute approximate surface area is 113 Å². The van der Waals surface area contributed by atoms with E-state index in [0.717, 1.165) is 37.0 Å². The highest BCUT2D eigenvalue weighted by molar-refractivity contribution is 5.97. The summed E-state index contributed by atoms with van der Waals surface area (Å²) in [6.45, 7) is 5.77. The van der Waals surface area contributed by atoms with E-state index in [-0.39, 0.29) is 5.92 Å². The Morgan fingerprint density at radius 1 is 1.37 bits per heavy atom. The van der Waals surface area contributed by atoms with E-state index in [1.54, 1.807) is 0 Å². The monoisotopic (exact) mass is 267 g/mol. The molecule has 1 aliphatic heterocycles. The Kier molecular flexibility index (Phi) is 3.88. The van der Waals surface area contributed by atoms with Crippen molar-refractivity contribution in [2.24, 2.45) is 0 Å². The van der Waals surface area contributed by atoms with Crippen LogP contribution < -0.4 is 0 Å². The highest BCUT2D eigenvalue weighted by Crippen LogP contribution is 2.28. The molecule has 4 heteroatoms. The lowest BCUT2D eigenvalue weighted by molar-refractivity contribution is -0.486. The van der Waals surface area contributed by atoms with E-state index in [1.165, 1.54) is 6.07 Å². The normalized spacial score (nSPS) is 17.3. The van der Waals surface area contributed by atoms with Gasteiger partial charge < -0.3 is 0 Å². The van der Waals surface area contributed by atoms with Gasteiger partial charge in [-0.1, -0.05) is 13.8 Å². The van der Waals surface area contributed by atoms with Crippen molar-refractivity contribution in [3.05, 3.63) is 34.9 Å². The first-order chi connectivity index (χ1) is 8.95. The second-order valence-corrected chi connectivity index (χ2v) is 5.33. The van der Waals surface area contributed by atoms with Gasteiger partial charge in [-0.05, 0) is 24.0 Å². The van der Waals surface area contributed by atoms with Gasteiger partial charge in [0.15, 0.2) is 0 Å². The number of hydrogen-bond donors (Lipinski definition) is 0. The maximum Gasteiger partial charge on any atom is 0.282 e. The molecule has 0 aromatic heterocycles. The molecule has 2 rings (SSSR count). The fourth-order valence-corrected chi connectivity index (χ4v) is 2.62. The van der Waals surface area contributed by atoms with Crippen molar-refractivity contribution in [3.63, 3.8) is 0 Å². The van der Waals surface area contributed by atoms with Gasteiger partial charge in [0.05, 0.1) is 14.1 Å². The Bertz CT molecular complexity index is 523. The number of amidine groups is 1. The predicted molar refractivity (Wildman–Crippen MR) is 72.9 cm³/mol. The minimum atomic E-state index is -0.500. The van der Waals surface area contributed by atoms with Crippen molar-refractivity contribution in [2.45, 2.75) is 26.2 Å². The number of nitrogens with zero attached hydrogens (tertiary/aromatic N) is 2. The largest absolute Gasteiger partial charge is 0.282 e. The summed E-state index contributed by atoms with van der Waals surface area (Å²) in [5.41, 5.74) is 1.31. The molecule has 1 atom stereocenters. The van der Waals surface area contributed by atoms with Gasteiger partial charge in [0, 0.05) is 6.07 Å². The summed E-state index contributed by atoms with van der Waals surface area (Å²) in [6, 6.07) is 2.45. The molecule has 1 aromatic carbocycles. The third-order valence-electron chi connectivity index (χ3n) is 3.95. The van der Waals surface area contributed by atoms with E-state index < -0.39 is 11.6 Å². The summed E-state index contributed by atoms with van der Waals surface area (Å²) in [4.78, 5) is 2.03. The molecule has 0 fully saturated rings. The van der Waals surface area contributed by atoms with Gasteiger partial charge in [-0.15, -0.1) is 0 Å². The molecule has 1 unspecified atom stereocenters. The van der Waals surface area contributed by atoms with Crippen LogP contribution >= 0.6 is 0 Å². The highest BCUT2D eigenvalue weighted by Gasteiger charge is 2.32. The van der Waals surface area contributed by atoms with Crippen LogP contribution in [0.3, 0.4) is 0 Å². The number of hydrogen-bond acceptors (Lipinski definition) is 1. The lowest BCUT2D eigenvalue weighted by atomic mass is 9.92. The van der Waals surface area contributed by atoms with Crippen LogP contribution in [0.25, 0.3) is 0 Å². The lowest BCUT2D eigenvalue weighted by Gasteiger charge is -2.17. The van der Waals surface area contributed by atoms with E-state index in [2.05, 4.69) is 0 Å². The fraction of sp³-hybridized carbons (Fsp3) is 0.533. The van der Waals surface area contributed by atoms with Crippen LogP contribution in [-0.4, -0.2) is 42.5 Å². The van der Waals surface area contributed by atoms with Crippen molar-refractivity contribution < 1.29 is 13.4 Å². The van der Waals surface area contributed by atoms with Gasteiger partial charge in [0.2, 0.25) is 0 Å². The standard InChI is InChI=1S/C15H21F2N2/c1-5-10(2)12-8-11(16)9-13(17)14(12)15-18(3)6-7-19(15)4/h8-10H,5-7H2,1-4H3/q+1. The van der Waals surface area contributed by atoms with E-state index >= 15 is 0 Å². The minimum absolute atomic E-state index is 0.134. The van der Waals surface area contributed by atoms with E-state index in [0.29, 0.717) is 5.56 Å². The van der Waals surface area contributed by atoms with Gasteiger partial charge >= 0.3 is 0 Å². The van der Waals surface area contributed by atoms with Crippen LogP contribution in [-0.2, 0) is 0 Å². The zero-order chi connectivity index (χ0) is 14.2. The first-order valence-corrected chi connectivity index (χ1v) is 6.74. The Balaban J connectivity index is 2.65. The average Bonchev–Trinajstić information content (AvgIpc) is 2.68. The molecule has 0 amide bonds. The summed E-state index contributed by atoms with van der Waals surface area (Å²) < 4.78 is 29.8. The van der Waals surface area contributed by atoms with E-state index in [4.69, 9.17) is 0 Å². The van der Waals surface area contributed by atoms with Crippen molar-refractivity contribution in [1.82, 2.24) is 4.90 Å². The van der Waals surface area contributed by atoms with E-state index in [1.807, 2.05) is 37.4 Å². The molecule has 1 aromatic rings. The molecule has 1 aliphatic rings. The van der Waals surface area contributed by atoms with Gasteiger partial charge in [-0.3, -0.25) is 9.48 Å². The molecule has 0 saturated heterocycles. The fourth-order valence-electron chi connectivity index (χ4n) is 2.62. The van der Waals surface area contributed by atoms with Crippen LogP contribution in [0.15, 0.2) is 12.1 Å². The molecule has 0 N–H and O–H groups in total. The lowest BCUT2D eigenvalue weighted by Crippen LogP contribution is -2.28. The number of halogens is 2. The van der Waals surface area contributed by atoms with Crippen molar-refractivity contribution in [3.8, 4) is 0 Å². The summed E-state index contributed by atoms with van der Waals surface area (Å²) in [7, 11) is 3.89. The average molecular weight is 267 g/mol. The molecule has 0 saturated carbocycles. The summed E-state index contributed by atoms with van der Waals surface area (Å²) in [6.07, 6.45) is 0.858. The number of benzene rings is 1.